The molecule has 0 atom stereocenters. The number of hydrogen-bond donors (Lipinski definition) is 2. The van der Waals surface area contributed by atoms with Gasteiger partial charge in [0, 0.05) is 6.21 Å². The molecule has 3 rings (SSSR count). The number of aromatic nitrogens is 2. The topological polar surface area (TPSA) is 78.6 Å². The molecule has 0 aliphatic rings. The Balaban J connectivity index is 1.82. The number of benzene rings is 2. The lowest BCUT2D eigenvalue weighted by Gasteiger charge is -1.97. The number of aliphatic imine (C=N–C) groups is 1. The molecule has 21 heavy (non-hydrogen) atoms. The van der Waals surface area contributed by atoms with Crippen molar-refractivity contribution in [2.75, 3.05) is 0 Å². The molecule has 0 fully saturated rings. The van der Waals surface area contributed by atoms with Crippen molar-refractivity contribution in [1.29, 1.82) is 0 Å². The van der Waals surface area contributed by atoms with Crippen LogP contribution in [0.1, 0.15) is 5.56 Å². The molecule has 0 radical (unpaired) electrons. The predicted octanol–water partition coefficient (Wildman–Crippen LogP) is 3.37. The Labute approximate surface area is 124 Å². The van der Waals surface area contributed by atoms with Gasteiger partial charge < -0.3 is 10.2 Å². The molecular formula is C15H11N3O2S. The smallest absolute Gasteiger partial charge is 0.231 e. The van der Waals surface area contributed by atoms with E-state index in [1.165, 1.54) is 11.3 Å². The van der Waals surface area contributed by atoms with Crippen LogP contribution in [0.15, 0.2) is 53.5 Å². The average Bonchev–Trinajstić information content (AvgIpc) is 2.96. The maximum atomic E-state index is 9.78. The van der Waals surface area contributed by atoms with Crippen molar-refractivity contribution in [3.63, 3.8) is 0 Å². The van der Waals surface area contributed by atoms with Gasteiger partial charge in [0.25, 0.3) is 0 Å². The third kappa shape index (κ3) is 3.06. The van der Waals surface area contributed by atoms with E-state index in [0.717, 1.165) is 5.56 Å². The second kappa shape index (κ2) is 5.72. The highest BCUT2D eigenvalue weighted by Crippen LogP contribution is 2.33. The van der Waals surface area contributed by atoms with Crippen LogP contribution in [0.25, 0.3) is 10.6 Å². The zero-order chi connectivity index (χ0) is 14.7. The first-order chi connectivity index (χ1) is 10.2. The van der Waals surface area contributed by atoms with E-state index in [-0.39, 0.29) is 11.5 Å². The van der Waals surface area contributed by atoms with Gasteiger partial charge in [-0.05, 0) is 42.0 Å². The number of rotatable bonds is 3. The molecule has 5 nitrogen and oxygen atoms in total. The van der Waals surface area contributed by atoms with Crippen LogP contribution >= 0.6 is 11.3 Å². The summed E-state index contributed by atoms with van der Waals surface area (Å²) in [4.78, 5) is 4.24. The summed E-state index contributed by atoms with van der Waals surface area (Å²) < 4.78 is 0. The lowest BCUT2D eigenvalue weighted by atomic mass is 10.2. The van der Waals surface area contributed by atoms with E-state index in [1.807, 2.05) is 6.07 Å². The minimum Gasteiger partial charge on any atom is -0.508 e. The van der Waals surface area contributed by atoms with Gasteiger partial charge in [-0.25, -0.2) is 4.99 Å². The summed E-state index contributed by atoms with van der Waals surface area (Å²) in [6.07, 6.45) is 1.65. The molecule has 1 aromatic heterocycles. The lowest BCUT2D eigenvalue weighted by molar-refractivity contribution is 0.475. The first-order valence-corrected chi connectivity index (χ1v) is 6.99. The molecule has 0 saturated carbocycles. The normalized spacial score (nSPS) is 11.0. The molecule has 0 aliphatic heterocycles. The van der Waals surface area contributed by atoms with Gasteiger partial charge >= 0.3 is 0 Å². The Morgan fingerprint density at radius 1 is 0.952 bits per heavy atom. The van der Waals surface area contributed by atoms with Gasteiger partial charge in [-0.3, -0.25) is 0 Å². The summed E-state index contributed by atoms with van der Waals surface area (Å²) in [6.45, 7) is 0. The monoisotopic (exact) mass is 297 g/mol. The van der Waals surface area contributed by atoms with E-state index in [9.17, 15) is 10.2 Å². The number of phenolic OH excluding ortho intramolecular Hbond substituents is 2. The fourth-order valence-corrected chi connectivity index (χ4v) is 2.45. The predicted molar refractivity (Wildman–Crippen MR) is 82.4 cm³/mol. The van der Waals surface area contributed by atoms with Gasteiger partial charge in [0.2, 0.25) is 5.13 Å². The van der Waals surface area contributed by atoms with E-state index < -0.39 is 0 Å². The summed E-state index contributed by atoms with van der Waals surface area (Å²) in [5.74, 6) is 0.382. The maximum Gasteiger partial charge on any atom is 0.231 e. The SMILES string of the molecule is Oc1ccc(/C=N/c2nnc(-c3ccccc3O)s2)cc1. The molecule has 0 bridgehead atoms. The highest BCUT2D eigenvalue weighted by Gasteiger charge is 2.09. The van der Waals surface area contributed by atoms with Crippen LogP contribution < -0.4 is 0 Å². The highest BCUT2D eigenvalue weighted by atomic mass is 32.1. The van der Waals surface area contributed by atoms with Gasteiger partial charge in [-0.15, -0.1) is 10.2 Å². The maximum absolute atomic E-state index is 9.78. The number of aromatic hydroxyl groups is 2. The molecule has 3 aromatic rings. The molecule has 0 aliphatic carbocycles. The second-order valence-corrected chi connectivity index (χ2v) is 5.21. The fraction of sp³-hybridized carbons (Fsp3) is 0. The van der Waals surface area contributed by atoms with Gasteiger partial charge in [0.1, 0.15) is 11.5 Å². The van der Waals surface area contributed by atoms with Crippen LogP contribution in [0.4, 0.5) is 5.13 Å². The van der Waals surface area contributed by atoms with Crippen molar-refractivity contribution < 1.29 is 10.2 Å². The molecule has 104 valence electrons. The Morgan fingerprint density at radius 2 is 1.71 bits per heavy atom. The van der Waals surface area contributed by atoms with Crippen molar-refractivity contribution in [2.24, 2.45) is 4.99 Å². The van der Waals surface area contributed by atoms with E-state index in [2.05, 4.69) is 15.2 Å². The van der Waals surface area contributed by atoms with Gasteiger partial charge in [0.05, 0.1) is 5.56 Å². The van der Waals surface area contributed by atoms with Crippen molar-refractivity contribution in [1.82, 2.24) is 10.2 Å². The van der Waals surface area contributed by atoms with Crippen molar-refractivity contribution in [3.8, 4) is 22.1 Å². The first-order valence-electron chi connectivity index (χ1n) is 6.17. The summed E-state index contributed by atoms with van der Waals surface area (Å²) >= 11 is 1.29. The van der Waals surface area contributed by atoms with Gasteiger partial charge in [-0.2, -0.15) is 0 Å². The third-order valence-corrected chi connectivity index (χ3v) is 3.63. The Kier molecular flexibility index (Phi) is 3.61. The van der Waals surface area contributed by atoms with Gasteiger partial charge in [-0.1, -0.05) is 23.5 Å². The molecule has 2 aromatic carbocycles. The standard InChI is InChI=1S/C15H11N3O2S/c19-11-7-5-10(6-8-11)9-16-15-18-17-14(21-15)12-3-1-2-4-13(12)20/h1-9,19-20H/b16-9+. The van der Waals surface area contributed by atoms with Crippen LogP contribution in [-0.2, 0) is 0 Å². The van der Waals surface area contributed by atoms with Crippen LogP contribution in [0.5, 0.6) is 11.5 Å². The van der Waals surface area contributed by atoms with E-state index >= 15 is 0 Å². The van der Waals surface area contributed by atoms with Crippen LogP contribution in [0.2, 0.25) is 0 Å². The molecule has 0 amide bonds. The molecule has 1 heterocycles. The largest absolute Gasteiger partial charge is 0.508 e. The summed E-state index contributed by atoms with van der Waals surface area (Å²) in [7, 11) is 0. The van der Waals surface area contributed by atoms with Crippen molar-refractivity contribution in [2.45, 2.75) is 0 Å². The van der Waals surface area contributed by atoms with E-state index in [1.54, 1.807) is 48.7 Å². The number of para-hydroxylation sites is 1. The van der Waals surface area contributed by atoms with Crippen molar-refractivity contribution >= 4 is 22.7 Å². The third-order valence-electron chi connectivity index (χ3n) is 2.77. The van der Waals surface area contributed by atoms with Crippen LogP contribution in [-0.4, -0.2) is 26.6 Å². The minimum atomic E-state index is 0.169. The van der Waals surface area contributed by atoms with Crippen LogP contribution in [0, 0.1) is 0 Å². The average molecular weight is 297 g/mol. The Hall–Kier alpha value is -2.73. The quantitative estimate of drug-likeness (QED) is 0.726. The zero-order valence-electron chi connectivity index (χ0n) is 10.8. The molecule has 2 N–H and O–H groups in total. The molecule has 0 spiro atoms. The zero-order valence-corrected chi connectivity index (χ0v) is 11.7. The molecule has 6 heteroatoms. The molecule has 0 unspecified atom stereocenters. The summed E-state index contributed by atoms with van der Waals surface area (Å²) in [6, 6.07) is 13.7. The highest BCUT2D eigenvalue weighted by molar-refractivity contribution is 7.18. The minimum absolute atomic E-state index is 0.169. The van der Waals surface area contributed by atoms with Crippen molar-refractivity contribution in [3.05, 3.63) is 54.1 Å². The summed E-state index contributed by atoms with van der Waals surface area (Å²) in [5.41, 5.74) is 1.49. The van der Waals surface area contributed by atoms with E-state index in [0.29, 0.717) is 15.7 Å². The van der Waals surface area contributed by atoms with Crippen LogP contribution in [0.3, 0.4) is 0 Å². The first kappa shape index (κ1) is 13.3. The second-order valence-electron chi connectivity index (χ2n) is 4.26. The number of phenols is 2. The Morgan fingerprint density at radius 3 is 2.48 bits per heavy atom. The Bertz CT molecular complexity index is 782. The van der Waals surface area contributed by atoms with Gasteiger partial charge in [0.15, 0.2) is 5.01 Å². The molecule has 0 saturated heterocycles. The number of nitrogens with zero attached hydrogens (tertiary/aromatic N) is 3. The fourth-order valence-electron chi connectivity index (χ4n) is 1.72. The lowest BCUT2D eigenvalue weighted by Crippen LogP contribution is -1.78. The van der Waals surface area contributed by atoms with E-state index in [4.69, 9.17) is 0 Å². The summed E-state index contributed by atoms with van der Waals surface area (Å²) in [5, 5.41) is 28.1. The number of hydrogen-bond acceptors (Lipinski definition) is 6. The molecular weight excluding hydrogens is 286 g/mol.